The van der Waals surface area contributed by atoms with E-state index in [0.29, 0.717) is 0 Å². The van der Waals surface area contributed by atoms with Gasteiger partial charge in [0.05, 0.1) is 34.2 Å². The zero-order chi connectivity index (χ0) is 62.7. The van der Waals surface area contributed by atoms with Crippen molar-refractivity contribution in [3.63, 3.8) is 0 Å². The van der Waals surface area contributed by atoms with Gasteiger partial charge in [0.15, 0.2) is 0 Å². The van der Waals surface area contributed by atoms with Crippen LogP contribution in [0.2, 0.25) is 0 Å². The van der Waals surface area contributed by atoms with Crippen molar-refractivity contribution < 1.29 is 92.6 Å². The molecule has 0 saturated carbocycles. The number of halogens is 18. The molecule has 9 heterocycles. The third-order valence-electron chi connectivity index (χ3n) is 8.91. The Morgan fingerprint density at radius 2 is 0.388 bits per heavy atom. The molecule has 0 fully saturated rings. The summed E-state index contributed by atoms with van der Waals surface area (Å²) in [5.74, 6) is 18.8. The minimum absolute atomic E-state index is 0. The van der Waals surface area contributed by atoms with Gasteiger partial charge in [0.1, 0.15) is 0 Å². The van der Waals surface area contributed by atoms with Crippen molar-refractivity contribution in [2.45, 2.75) is 20.8 Å². The monoisotopic (exact) mass is 1300 g/mol. The topological polar surface area (TPSA) is 116 Å². The van der Waals surface area contributed by atoms with E-state index in [2.05, 4.69) is 80.4 Å². The van der Waals surface area contributed by atoms with Crippen LogP contribution in [0, 0.1) is 56.3 Å². The van der Waals surface area contributed by atoms with Gasteiger partial charge in [-0.3, -0.25) is 44.9 Å². The van der Waals surface area contributed by atoms with Gasteiger partial charge in [-0.2, -0.15) is 0 Å². The smallest absolute Gasteiger partial charge is 3.00 e. The number of hydrogen-bond donors (Lipinski definition) is 0. The molecule has 0 aliphatic rings. The molecule has 9 aromatic heterocycles. The summed E-state index contributed by atoms with van der Waals surface area (Å²) in [5, 5.41) is 0. The van der Waals surface area contributed by atoms with Crippen molar-refractivity contribution in [2.75, 3.05) is 0 Å². The van der Waals surface area contributed by atoms with E-state index in [0.717, 1.165) is 84.2 Å². The summed E-state index contributed by atoms with van der Waals surface area (Å²) in [7, 11) is -32.0. The molecular weight excluding hydrogens is 1270 g/mol. The Balaban J connectivity index is 0.000000285. The molecule has 31 heteroatoms. The number of nitrogens with zero attached hydrogens (tertiary/aromatic N) is 9. The molecule has 0 unspecified atom stereocenters. The average Bonchev–Trinajstić information content (AvgIpc) is 1.74. The van der Waals surface area contributed by atoms with E-state index < -0.39 is 23.4 Å². The van der Waals surface area contributed by atoms with Gasteiger partial charge in [-0.05, 0) is 147 Å². The maximum Gasteiger partial charge on any atom is 3.00 e. The predicted octanol–water partition coefficient (Wildman–Crippen LogP) is 19.9. The quantitative estimate of drug-likeness (QED) is 0.0738. The summed E-state index contributed by atoms with van der Waals surface area (Å²) in [4.78, 5) is 38.1. The van der Waals surface area contributed by atoms with Crippen LogP contribution in [0.1, 0.15) is 50.1 Å². The molecule has 0 amide bonds. The molecule has 0 aliphatic carbocycles. The van der Waals surface area contributed by atoms with E-state index in [9.17, 15) is 75.5 Å². The Hall–Kier alpha value is -8.42. The van der Waals surface area contributed by atoms with Gasteiger partial charge in [0.2, 0.25) is 0 Å². The second-order valence-corrected chi connectivity index (χ2v) is 22.5. The molecule has 0 aromatic carbocycles. The summed E-state index contributed by atoms with van der Waals surface area (Å²) in [6, 6.07) is 34.8. The summed E-state index contributed by atoms with van der Waals surface area (Å²) >= 11 is 0. The van der Waals surface area contributed by atoms with Crippen LogP contribution in [-0.2, 0) is 17.1 Å². The van der Waals surface area contributed by atoms with Gasteiger partial charge < -0.3 is 0 Å². The SMILES string of the molecule is Cc1ccnc(-c2cc(C#Cc3ccncc3)ccn2)c1.Cc1ccnc(-c2cc(C#Cc3ccncc3)ccn2)c1.Cc1ccnc(-c2cc(C#Cc3ccncc3)ccn2)c1.F[P-](F)(F)(F)(F)F.F[P-](F)(F)(F)(F)F.F[P-](F)(F)(F)(F)F.[Fe+3]. The van der Waals surface area contributed by atoms with Crippen LogP contribution in [0.5, 0.6) is 0 Å². The molecule has 9 nitrogen and oxygen atoms in total. The van der Waals surface area contributed by atoms with E-state index in [4.69, 9.17) is 0 Å². The second-order valence-electron chi connectivity index (χ2n) is 16.8. The summed E-state index contributed by atoms with van der Waals surface area (Å²) < 4.78 is 178. The van der Waals surface area contributed by atoms with Gasteiger partial charge in [-0.1, -0.05) is 35.5 Å². The molecule has 0 bridgehead atoms. The number of aromatic nitrogens is 9. The van der Waals surface area contributed by atoms with Gasteiger partial charge in [0, 0.05) is 108 Å². The van der Waals surface area contributed by atoms with Gasteiger partial charge in [-0.25, -0.2) is 0 Å². The normalized spacial score (nSPS) is 13.0. The Morgan fingerprint density at radius 1 is 0.235 bits per heavy atom. The van der Waals surface area contributed by atoms with Crippen LogP contribution < -0.4 is 0 Å². The Bertz CT molecular complexity index is 3460. The van der Waals surface area contributed by atoms with Gasteiger partial charge >= 0.3 is 116 Å². The van der Waals surface area contributed by atoms with Crippen LogP contribution in [0.25, 0.3) is 34.2 Å². The van der Waals surface area contributed by atoms with Crippen LogP contribution >= 0.6 is 23.4 Å². The summed E-state index contributed by atoms with van der Waals surface area (Å²) in [5.41, 5.74) is 14.2. The molecular formula is C54H39F18FeN9P3. The van der Waals surface area contributed by atoms with E-state index in [1.54, 1.807) is 74.4 Å². The average molecular weight is 1300 g/mol. The summed E-state index contributed by atoms with van der Waals surface area (Å²) in [6.07, 6.45) is 21.1. The maximum atomic E-state index is 9.87. The largest absolute Gasteiger partial charge is 3.00 e. The van der Waals surface area contributed by atoms with Crippen molar-refractivity contribution in [3.05, 3.63) is 234 Å². The first-order chi connectivity index (χ1) is 38.3. The fraction of sp³-hybridized carbons (Fsp3) is 0.0556. The summed E-state index contributed by atoms with van der Waals surface area (Å²) in [6.45, 7) is 6.12. The van der Waals surface area contributed by atoms with Gasteiger partial charge in [0.25, 0.3) is 0 Å². The maximum absolute atomic E-state index is 10.7. The fourth-order valence-electron chi connectivity index (χ4n) is 5.71. The van der Waals surface area contributed by atoms with Crippen molar-refractivity contribution in [3.8, 4) is 69.7 Å². The second kappa shape index (κ2) is 26.2. The van der Waals surface area contributed by atoms with Crippen LogP contribution in [-0.4, -0.2) is 44.9 Å². The number of hydrogen-bond acceptors (Lipinski definition) is 9. The van der Waals surface area contributed by atoms with E-state index in [1.807, 2.05) is 130 Å². The first kappa shape index (κ1) is 70.8. The van der Waals surface area contributed by atoms with Crippen molar-refractivity contribution in [2.24, 2.45) is 0 Å². The third kappa shape index (κ3) is 38.9. The van der Waals surface area contributed by atoms with Crippen molar-refractivity contribution in [1.82, 2.24) is 44.9 Å². The third-order valence-corrected chi connectivity index (χ3v) is 8.91. The Morgan fingerprint density at radius 3 is 0.576 bits per heavy atom. The molecule has 0 saturated heterocycles. The number of pyridine rings is 9. The molecule has 1 radical (unpaired) electrons. The molecule has 449 valence electrons. The molecule has 0 spiro atoms. The minimum Gasteiger partial charge on any atom is 3.00 e. The van der Waals surface area contributed by atoms with Gasteiger partial charge in [-0.15, -0.1) is 0 Å². The van der Waals surface area contributed by atoms with Crippen molar-refractivity contribution in [1.29, 1.82) is 0 Å². The Labute approximate surface area is 483 Å². The van der Waals surface area contributed by atoms with Crippen LogP contribution in [0.3, 0.4) is 0 Å². The first-order valence-corrected chi connectivity index (χ1v) is 29.0. The zero-order valence-electron chi connectivity index (χ0n) is 43.3. The van der Waals surface area contributed by atoms with E-state index >= 15 is 0 Å². The van der Waals surface area contributed by atoms with E-state index in [-0.39, 0.29) is 17.1 Å². The van der Waals surface area contributed by atoms with Crippen molar-refractivity contribution >= 4 is 23.4 Å². The molecule has 0 atom stereocenters. The molecule has 85 heavy (non-hydrogen) atoms. The predicted molar refractivity (Wildman–Crippen MR) is 288 cm³/mol. The Kier molecular flexibility index (Phi) is 21.9. The standard InChI is InChI=1S/3C18H13N3.3F6P.Fe/c3*1-14-4-10-20-17(12-14)18-13-16(7-11-21-18)3-2-15-5-8-19-9-6-15;3*1-7(2,3,4,5)6;/h3*4-13H,1H3;;;;/q;;;3*-1;+3. The number of aryl methyl sites for hydroxylation is 3. The van der Waals surface area contributed by atoms with Crippen LogP contribution in [0.4, 0.5) is 75.5 Å². The zero-order valence-corrected chi connectivity index (χ0v) is 47.1. The van der Waals surface area contributed by atoms with E-state index in [1.165, 1.54) is 0 Å². The first-order valence-electron chi connectivity index (χ1n) is 22.9. The minimum atomic E-state index is -10.7. The van der Waals surface area contributed by atoms with Crippen LogP contribution in [0.15, 0.2) is 184 Å². The molecule has 0 aliphatic heterocycles. The number of rotatable bonds is 3. The molecule has 9 rings (SSSR count). The molecule has 0 N–H and O–H groups in total. The fourth-order valence-corrected chi connectivity index (χ4v) is 5.71. The molecule has 9 aromatic rings.